The van der Waals surface area contributed by atoms with Gasteiger partial charge in [-0.15, -0.1) is 0 Å². The monoisotopic (exact) mass is 278 g/mol. The van der Waals surface area contributed by atoms with Crippen LogP contribution in [0, 0.1) is 0 Å². The number of carbonyl (C=O) groups is 1. The van der Waals surface area contributed by atoms with Gasteiger partial charge in [0.15, 0.2) is 0 Å². The number of rotatable bonds is 5. The summed E-state index contributed by atoms with van der Waals surface area (Å²) in [7, 11) is -0.842. The van der Waals surface area contributed by atoms with E-state index in [-0.39, 0.29) is 11.2 Å². The molecule has 0 radical (unpaired) electrons. The van der Waals surface area contributed by atoms with Crippen molar-refractivity contribution in [2.45, 2.75) is 18.6 Å². The smallest absolute Gasteiger partial charge is 0.251 e. The van der Waals surface area contributed by atoms with Crippen LogP contribution in [0.2, 0.25) is 0 Å². The molecule has 2 atom stereocenters. The molecule has 0 fully saturated rings. The summed E-state index contributed by atoms with van der Waals surface area (Å²) in [4.78, 5) is 15.2. The van der Waals surface area contributed by atoms with E-state index in [1.165, 1.54) is 0 Å². The van der Waals surface area contributed by atoms with Crippen molar-refractivity contribution in [1.82, 2.24) is 10.3 Å². The Hall–Kier alpha value is -1.62. The molecule has 4 nitrogen and oxygen atoms in total. The molecule has 0 aliphatic heterocycles. The second-order valence-corrected chi connectivity index (χ2v) is 6.40. The van der Waals surface area contributed by atoms with Crippen LogP contribution < -0.4 is 5.32 Å². The van der Waals surface area contributed by atoms with Crippen LogP contribution in [-0.4, -0.2) is 33.2 Å². The zero-order chi connectivity index (χ0) is 13.8. The Bertz CT molecular complexity index is 606. The molecular weight excluding hydrogens is 260 g/mol. The van der Waals surface area contributed by atoms with Crippen molar-refractivity contribution in [1.29, 1.82) is 0 Å². The SMILES string of the molecule is CC(CCNC(=O)c1cccc2[nH]ccc12)S(C)=O. The molecule has 1 aromatic heterocycles. The van der Waals surface area contributed by atoms with Crippen LogP contribution in [0.5, 0.6) is 0 Å². The number of benzene rings is 1. The van der Waals surface area contributed by atoms with Crippen LogP contribution >= 0.6 is 0 Å². The first-order chi connectivity index (χ1) is 9.09. The third kappa shape index (κ3) is 3.23. The van der Waals surface area contributed by atoms with Gasteiger partial charge in [-0.1, -0.05) is 13.0 Å². The molecule has 19 heavy (non-hydrogen) atoms. The standard InChI is InChI=1S/C14H18N2O2S/c1-10(19(2)18)6-8-16-14(17)12-4-3-5-13-11(12)7-9-15-13/h3-5,7,9-10,15H,6,8H2,1-2H3,(H,16,17). The number of hydrogen-bond acceptors (Lipinski definition) is 2. The largest absolute Gasteiger partial charge is 0.361 e. The van der Waals surface area contributed by atoms with E-state index in [4.69, 9.17) is 0 Å². The Balaban J connectivity index is 2.00. The third-order valence-electron chi connectivity index (χ3n) is 3.24. The van der Waals surface area contributed by atoms with Gasteiger partial charge in [0, 0.05) is 51.5 Å². The molecule has 0 bridgehead atoms. The molecule has 5 heteroatoms. The highest BCUT2D eigenvalue weighted by atomic mass is 32.2. The zero-order valence-electron chi connectivity index (χ0n) is 11.1. The molecule has 2 N–H and O–H groups in total. The molecular formula is C14H18N2O2S. The van der Waals surface area contributed by atoms with Gasteiger partial charge < -0.3 is 10.3 Å². The number of amides is 1. The number of aromatic amines is 1. The molecule has 0 aliphatic rings. The molecule has 1 heterocycles. The van der Waals surface area contributed by atoms with E-state index in [1.807, 2.05) is 37.4 Å². The maximum atomic E-state index is 12.1. The minimum atomic E-state index is -0.842. The van der Waals surface area contributed by atoms with Crippen molar-refractivity contribution in [3.8, 4) is 0 Å². The fourth-order valence-electron chi connectivity index (χ4n) is 1.93. The van der Waals surface area contributed by atoms with Crippen LogP contribution in [0.15, 0.2) is 30.5 Å². The number of carbonyl (C=O) groups excluding carboxylic acids is 1. The van der Waals surface area contributed by atoms with Gasteiger partial charge in [-0.3, -0.25) is 9.00 Å². The predicted molar refractivity (Wildman–Crippen MR) is 78.8 cm³/mol. The Morgan fingerprint density at radius 1 is 1.42 bits per heavy atom. The Kier molecular flexibility index (Phi) is 4.37. The Morgan fingerprint density at radius 3 is 2.95 bits per heavy atom. The van der Waals surface area contributed by atoms with Crippen molar-refractivity contribution >= 4 is 27.6 Å². The fourth-order valence-corrected chi connectivity index (χ4v) is 2.38. The van der Waals surface area contributed by atoms with Gasteiger partial charge in [-0.05, 0) is 24.6 Å². The minimum Gasteiger partial charge on any atom is -0.361 e. The van der Waals surface area contributed by atoms with E-state index >= 15 is 0 Å². The average Bonchev–Trinajstić information content (AvgIpc) is 2.86. The normalized spacial score (nSPS) is 14.2. The van der Waals surface area contributed by atoms with Crippen LogP contribution in [-0.2, 0) is 10.8 Å². The van der Waals surface area contributed by atoms with Gasteiger partial charge in [0.1, 0.15) is 0 Å². The van der Waals surface area contributed by atoms with E-state index in [0.717, 1.165) is 17.3 Å². The van der Waals surface area contributed by atoms with Gasteiger partial charge >= 0.3 is 0 Å². The summed E-state index contributed by atoms with van der Waals surface area (Å²) in [6, 6.07) is 7.51. The average molecular weight is 278 g/mol. The first kappa shape index (κ1) is 13.8. The summed E-state index contributed by atoms with van der Waals surface area (Å²) in [6.45, 7) is 2.47. The summed E-state index contributed by atoms with van der Waals surface area (Å²) in [6.07, 6.45) is 4.23. The van der Waals surface area contributed by atoms with Gasteiger partial charge in [0.05, 0.1) is 0 Å². The first-order valence-electron chi connectivity index (χ1n) is 6.26. The Morgan fingerprint density at radius 2 is 2.21 bits per heavy atom. The molecule has 1 aromatic carbocycles. The summed E-state index contributed by atoms with van der Waals surface area (Å²) in [5.41, 5.74) is 1.62. The summed E-state index contributed by atoms with van der Waals surface area (Å²) in [5.74, 6) is -0.0840. The highest BCUT2D eigenvalue weighted by Crippen LogP contribution is 2.17. The highest BCUT2D eigenvalue weighted by Gasteiger charge is 2.11. The maximum Gasteiger partial charge on any atom is 0.251 e. The third-order valence-corrected chi connectivity index (χ3v) is 4.61. The number of aromatic nitrogens is 1. The van der Waals surface area contributed by atoms with Crippen LogP contribution in [0.1, 0.15) is 23.7 Å². The van der Waals surface area contributed by atoms with Crippen molar-refractivity contribution in [2.24, 2.45) is 0 Å². The summed E-state index contributed by atoms with van der Waals surface area (Å²) < 4.78 is 11.2. The van der Waals surface area contributed by atoms with Crippen molar-refractivity contribution in [3.63, 3.8) is 0 Å². The molecule has 0 saturated heterocycles. The summed E-state index contributed by atoms with van der Waals surface area (Å²) >= 11 is 0. The molecule has 0 aliphatic carbocycles. The lowest BCUT2D eigenvalue weighted by atomic mass is 10.1. The number of hydrogen-bond donors (Lipinski definition) is 2. The first-order valence-corrected chi connectivity index (χ1v) is 7.88. The van der Waals surface area contributed by atoms with E-state index in [0.29, 0.717) is 12.1 Å². The van der Waals surface area contributed by atoms with Gasteiger partial charge in [0.2, 0.25) is 0 Å². The topological polar surface area (TPSA) is 62.0 Å². The molecule has 0 saturated carbocycles. The highest BCUT2D eigenvalue weighted by molar-refractivity contribution is 7.84. The van der Waals surface area contributed by atoms with Crippen molar-refractivity contribution in [3.05, 3.63) is 36.0 Å². The van der Waals surface area contributed by atoms with Crippen LogP contribution in [0.25, 0.3) is 10.9 Å². The fraction of sp³-hybridized carbons (Fsp3) is 0.357. The minimum absolute atomic E-state index is 0.0840. The van der Waals surface area contributed by atoms with Gasteiger partial charge in [-0.2, -0.15) is 0 Å². The lowest BCUT2D eigenvalue weighted by Gasteiger charge is -2.09. The lowest BCUT2D eigenvalue weighted by molar-refractivity contribution is 0.0955. The maximum absolute atomic E-state index is 12.1. The van der Waals surface area contributed by atoms with E-state index in [1.54, 1.807) is 6.26 Å². The van der Waals surface area contributed by atoms with E-state index < -0.39 is 10.8 Å². The van der Waals surface area contributed by atoms with Crippen molar-refractivity contribution < 1.29 is 9.00 Å². The number of H-pyrrole nitrogens is 1. The molecule has 2 rings (SSSR count). The second-order valence-electron chi connectivity index (χ2n) is 4.60. The second kappa shape index (κ2) is 6.02. The van der Waals surface area contributed by atoms with Crippen LogP contribution in [0.4, 0.5) is 0 Å². The number of nitrogens with one attached hydrogen (secondary N) is 2. The van der Waals surface area contributed by atoms with Gasteiger partial charge in [-0.25, -0.2) is 0 Å². The molecule has 102 valence electrons. The van der Waals surface area contributed by atoms with Crippen LogP contribution in [0.3, 0.4) is 0 Å². The van der Waals surface area contributed by atoms with E-state index in [9.17, 15) is 9.00 Å². The molecule has 1 amide bonds. The Labute approximate surface area is 115 Å². The number of fused-ring (bicyclic) bond motifs is 1. The zero-order valence-corrected chi connectivity index (χ0v) is 11.9. The summed E-state index contributed by atoms with van der Waals surface area (Å²) in [5, 5.41) is 3.90. The lowest BCUT2D eigenvalue weighted by Crippen LogP contribution is -2.27. The van der Waals surface area contributed by atoms with Crippen molar-refractivity contribution in [2.75, 3.05) is 12.8 Å². The van der Waals surface area contributed by atoms with E-state index in [2.05, 4.69) is 10.3 Å². The molecule has 2 unspecified atom stereocenters. The quantitative estimate of drug-likeness (QED) is 0.879. The molecule has 0 spiro atoms. The predicted octanol–water partition coefficient (Wildman–Crippen LogP) is 2.05. The van der Waals surface area contributed by atoms with Gasteiger partial charge in [0.25, 0.3) is 5.91 Å². The molecule has 2 aromatic rings.